The first-order valence-corrected chi connectivity index (χ1v) is 4.33. The van der Waals surface area contributed by atoms with E-state index in [1.807, 2.05) is 0 Å². The molecule has 0 aromatic carbocycles. The molecule has 0 spiro atoms. The van der Waals surface area contributed by atoms with Crippen molar-refractivity contribution in [1.29, 1.82) is 0 Å². The highest BCUT2D eigenvalue weighted by Crippen LogP contribution is 2.25. The van der Waals surface area contributed by atoms with E-state index in [2.05, 4.69) is 0 Å². The number of hydrogen-bond donors (Lipinski definition) is 1. The van der Waals surface area contributed by atoms with Crippen LogP contribution in [-0.2, 0) is 4.79 Å². The van der Waals surface area contributed by atoms with Crippen LogP contribution in [0.4, 0.5) is 13.2 Å². The van der Waals surface area contributed by atoms with Crippen molar-refractivity contribution < 1.29 is 23.1 Å². The van der Waals surface area contributed by atoms with E-state index in [0.29, 0.717) is 11.8 Å². The molecule has 12 heavy (non-hydrogen) atoms. The van der Waals surface area contributed by atoms with E-state index in [0.717, 1.165) is 0 Å². The number of thioether (sulfide) groups is 1. The van der Waals surface area contributed by atoms with Crippen LogP contribution in [0.1, 0.15) is 13.3 Å². The van der Waals surface area contributed by atoms with Gasteiger partial charge in [-0.05, 0) is 6.42 Å². The summed E-state index contributed by atoms with van der Waals surface area (Å²) in [5.41, 5.74) is 0. The lowest BCUT2D eigenvalue weighted by Gasteiger charge is -2.10. The molecule has 0 saturated carbocycles. The van der Waals surface area contributed by atoms with E-state index in [1.165, 1.54) is 0 Å². The van der Waals surface area contributed by atoms with E-state index >= 15 is 0 Å². The summed E-state index contributed by atoms with van der Waals surface area (Å²) in [6, 6.07) is 0. The lowest BCUT2D eigenvalue weighted by Crippen LogP contribution is -2.20. The van der Waals surface area contributed by atoms with Gasteiger partial charge in [0.15, 0.2) is 0 Å². The van der Waals surface area contributed by atoms with E-state index in [9.17, 15) is 18.0 Å². The third-order valence-electron chi connectivity index (χ3n) is 1.09. The van der Waals surface area contributed by atoms with Crippen LogP contribution in [0.2, 0.25) is 0 Å². The van der Waals surface area contributed by atoms with Gasteiger partial charge >= 0.3 is 12.1 Å². The molecule has 0 aliphatic carbocycles. The van der Waals surface area contributed by atoms with Gasteiger partial charge in [0.1, 0.15) is 5.25 Å². The molecule has 0 aliphatic heterocycles. The van der Waals surface area contributed by atoms with Gasteiger partial charge in [-0.3, -0.25) is 4.79 Å². The Kier molecular flexibility index (Phi) is 4.44. The molecule has 0 heterocycles. The highest BCUT2D eigenvalue weighted by atomic mass is 32.2. The maximum absolute atomic E-state index is 11.6. The predicted molar refractivity (Wildman–Crippen MR) is 40.2 cm³/mol. The number of aliphatic carboxylic acids is 1. The molecule has 1 atom stereocenters. The second kappa shape index (κ2) is 4.59. The predicted octanol–water partition coefficient (Wildman–Crippen LogP) is 2.15. The van der Waals surface area contributed by atoms with Crippen LogP contribution < -0.4 is 0 Å². The fourth-order valence-electron chi connectivity index (χ4n) is 0.559. The quantitative estimate of drug-likeness (QED) is 0.758. The van der Waals surface area contributed by atoms with Crippen LogP contribution in [-0.4, -0.2) is 28.3 Å². The highest BCUT2D eigenvalue weighted by molar-refractivity contribution is 8.00. The molecule has 6 heteroatoms. The molecule has 0 bridgehead atoms. The third-order valence-corrected chi connectivity index (χ3v) is 2.53. The van der Waals surface area contributed by atoms with Crippen LogP contribution >= 0.6 is 11.8 Å². The summed E-state index contributed by atoms with van der Waals surface area (Å²) in [6.07, 6.45) is -4.08. The zero-order valence-corrected chi connectivity index (χ0v) is 7.21. The Morgan fingerprint density at radius 1 is 1.58 bits per heavy atom. The van der Waals surface area contributed by atoms with Crippen molar-refractivity contribution in [2.24, 2.45) is 0 Å². The van der Waals surface area contributed by atoms with E-state index in [-0.39, 0.29) is 6.42 Å². The highest BCUT2D eigenvalue weighted by Gasteiger charge is 2.30. The van der Waals surface area contributed by atoms with Crippen molar-refractivity contribution >= 4 is 17.7 Å². The van der Waals surface area contributed by atoms with Gasteiger partial charge < -0.3 is 5.11 Å². The minimum atomic E-state index is -4.28. The summed E-state index contributed by atoms with van der Waals surface area (Å²) >= 11 is 0.412. The number of rotatable bonds is 4. The average Bonchev–Trinajstić information content (AvgIpc) is 1.85. The van der Waals surface area contributed by atoms with Gasteiger partial charge in [-0.15, -0.1) is 11.8 Å². The average molecular weight is 202 g/mol. The Labute approximate surface area is 72.1 Å². The minimum Gasteiger partial charge on any atom is -0.480 e. The SMILES string of the molecule is CCC(SCC(F)(F)F)C(=O)O. The molecule has 0 amide bonds. The zero-order chi connectivity index (χ0) is 9.78. The molecule has 1 N–H and O–H groups in total. The molecule has 0 aromatic heterocycles. The van der Waals surface area contributed by atoms with Crippen LogP contribution in [0.5, 0.6) is 0 Å². The molecule has 0 fully saturated rings. The van der Waals surface area contributed by atoms with Crippen molar-refractivity contribution in [3.63, 3.8) is 0 Å². The topological polar surface area (TPSA) is 37.3 Å². The summed E-state index contributed by atoms with van der Waals surface area (Å²) in [6.45, 7) is 1.54. The zero-order valence-electron chi connectivity index (χ0n) is 6.39. The number of carboxylic acid groups (broad SMARTS) is 1. The van der Waals surface area contributed by atoms with Crippen molar-refractivity contribution in [2.75, 3.05) is 5.75 Å². The normalized spacial score (nSPS) is 14.3. The first-order valence-electron chi connectivity index (χ1n) is 3.28. The number of carbonyl (C=O) groups is 1. The van der Waals surface area contributed by atoms with E-state index in [4.69, 9.17) is 5.11 Å². The smallest absolute Gasteiger partial charge is 0.397 e. The summed E-state index contributed by atoms with van der Waals surface area (Å²) < 4.78 is 34.8. The van der Waals surface area contributed by atoms with Crippen molar-refractivity contribution in [2.45, 2.75) is 24.8 Å². The number of carboxylic acids is 1. The lowest BCUT2D eigenvalue weighted by atomic mass is 10.3. The standard InChI is InChI=1S/C6H9F3O2S/c1-2-4(5(10)11)12-3-6(7,8)9/h4H,2-3H2,1H3,(H,10,11). The van der Waals surface area contributed by atoms with Gasteiger partial charge in [0, 0.05) is 0 Å². The molecule has 72 valence electrons. The Bertz CT molecular complexity index is 157. The maximum atomic E-state index is 11.6. The molecular weight excluding hydrogens is 193 g/mol. The van der Waals surface area contributed by atoms with Crippen molar-refractivity contribution in [3.8, 4) is 0 Å². The Morgan fingerprint density at radius 3 is 2.33 bits per heavy atom. The molecule has 1 unspecified atom stereocenters. The van der Waals surface area contributed by atoms with Crippen LogP contribution in [0.3, 0.4) is 0 Å². The van der Waals surface area contributed by atoms with Gasteiger partial charge in [0.05, 0.1) is 5.75 Å². The molecule has 0 aromatic rings. The van der Waals surface area contributed by atoms with Crippen molar-refractivity contribution in [3.05, 3.63) is 0 Å². The Balaban J connectivity index is 3.81. The molecular formula is C6H9F3O2S. The van der Waals surface area contributed by atoms with E-state index in [1.54, 1.807) is 6.92 Å². The Morgan fingerprint density at radius 2 is 2.08 bits per heavy atom. The monoisotopic (exact) mass is 202 g/mol. The minimum absolute atomic E-state index is 0.204. The summed E-state index contributed by atoms with van der Waals surface area (Å²) in [4.78, 5) is 10.3. The van der Waals surface area contributed by atoms with E-state index < -0.39 is 23.1 Å². The lowest BCUT2D eigenvalue weighted by molar-refractivity contribution is -0.136. The van der Waals surface area contributed by atoms with Crippen LogP contribution in [0, 0.1) is 0 Å². The molecule has 2 nitrogen and oxygen atoms in total. The summed E-state index contributed by atoms with van der Waals surface area (Å²) in [5.74, 6) is -2.29. The van der Waals surface area contributed by atoms with Crippen LogP contribution in [0.25, 0.3) is 0 Å². The number of halogens is 3. The first kappa shape index (κ1) is 11.6. The fraction of sp³-hybridized carbons (Fsp3) is 0.833. The fourth-order valence-corrected chi connectivity index (χ4v) is 1.33. The van der Waals surface area contributed by atoms with Crippen LogP contribution in [0.15, 0.2) is 0 Å². The maximum Gasteiger partial charge on any atom is 0.397 e. The van der Waals surface area contributed by atoms with Gasteiger partial charge in [0.25, 0.3) is 0 Å². The largest absolute Gasteiger partial charge is 0.480 e. The molecule has 0 aliphatic rings. The van der Waals surface area contributed by atoms with Gasteiger partial charge in [0.2, 0.25) is 0 Å². The third kappa shape index (κ3) is 5.29. The number of hydrogen-bond acceptors (Lipinski definition) is 2. The molecule has 0 radical (unpaired) electrons. The summed E-state index contributed by atoms with van der Waals surface area (Å²) in [7, 11) is 0. The number of alkyl halides is 3. The Hall–Kier alpha value is -0.390. The van der Waals surface area contributed by atoms with Gasteiger partial charge in [-0.1, -0.05) is 6.92 Å². The second-order valence-electron chi connectivity index (χ2n) is 2.16. The van der Waals surface area contributed by atoms with Crippen molar-refractivity contribution in [1.82, 2.24) is 0 Å². The van der Waals surface area contributed by atoms with Gasteiger partial charge in [-0.2, -0.15) is 13.2 Å². The second-order valence-corrected chi connectivity index (χ2v) is 3.35. The summed E-state index contributed by atoms with van der Waals surface area (Å²) in [5, 5.41) is 7.43. The first-order chi connectivity index (χ1) is 5.37. The van der Waals surface area contributed by atoms with Gasteiger partial charge in [-0.25, -0.2) is 0 Å². The molecule has 0 rings (SSSR count). The molecule has 0 saturated heterocycles.